The van der Waals surface area contributed by atoms with Crippen molar-refractivity contribution in [3.63, 3.8) is 0 Å². The van der Waals surface area contributed by atoms with Crippen LogP contribution in [0.5, 0.6) is 0 Å². The van der Waals surface area contributed by atoms with Gasteiger partial charge in [-0.15, -0.1) is 5.10 Å². The van der Waals surface area contributed by atoms with Crippen LogP contribution in [0.3, 0.4) is 0 Å². The maximum absolute atomic E-state index is 5.31. The lowest BCUT2D eigenvalue weighted by molar-refractivity contribution is 0.323. The quantitative estimate of drug-likeness (QED) is 0.751. The summed E-state index contributed by atoms with van der Waals surface area (Å²) in [5, 5.41) is 13.0. The van der Waals surface area contributed by atoms with Gasteiger partial charge in [0.15, 0.2) is 10.9 Å². The van der Waals surface area contributed by atoms with Gasteiger partial charge in [0.25, 0.3) is 0 Å². The van der Waals surface area contributed by atoms with E-state index in [0.717, 1.165) is 25.1 Å². The maximum Gasteiger partial charge on any atom is 0.159 e. The molecule has 1 heterocycles. The zero-order valence-corrected chi connectivity index (χ0v) is 13.8. The zero-order valence-electron chi connectivity index (χ0n) is 13.0. The molecule has 21 heavy (non-hydrogen) atoms. The molecule has 1 aromatic rings. The van der Waals surface area contributed by atoms with E-state index in [1.54, 1.807) is 0 Å². The third-order valence-corrected chi connectivity index (χ3v) is 4.39. The van der Waals surface area contributed by atoms with Crippen LogP contribution >= 0.6 is 12.2 Å². The van der Waals surface area contributed by atoms with E-state index in [4.69, 9.17) is 17.0 Å². The van der Waals surface area contributed by atoms with Crippen molar-refractivity contribution in [2.24, 2.45) is 0 Å². The van der Waals surface area contributed by atoms with Crippen LogP contribution in [0, 0.1) is 0 Å². The molecule has 0 unspecified atom stereocenters. The van der Waals surface area contributed by atoms with E-state index in [-0.39, 0.29) is 0 Å². The Kier molecular flexibility index (Phi) is 7.06. The molecule has 0 radical (unpaired) electrons. The van der Waals surface area contributed by atoms with Crippen LogP contribution in [0.1, 0.15) is 76.6 Å². The van der Waals surface area contributed by atoms with Gasteiger partial charge in [-0.25, -0.2) is 4.68 Å². The van der Waals surface area contributed by atoms with Crippen LogP contribution < -0.4 is 0 Å². The van der Waals surface area contributed by atoms with Crippen molar-refractivity contribution in [1.82, 2.24) is 20.2 Å². The Morgan fingerprint density at radius 2 is 1.95 bits per heavy atom. The predicted octanol–water partition coefficient (Wildman–Crippen LogP) is 3.65. The van der Waals surface area contributed by atoms with E-state index in [1.807, 2.05) is 6.92 Å². The molecule has 0 saturated heterocycles. The van der Waals surface area contributed by atoms with Gasteiger partial charge in [0.05, 0.1) is 12.6 Å². The van der Waals surface area contributed by atoms with Gasteiger partial charge in [-0.3, -0.25) is 0 Å². The highest BCUT2D eigenvalue weighted by molar-refractivity contribution is 7.80. The highest BCUT2D eigenvalue weighted by Crippen LogP contribution is 2.26. The Morgan fingerprint density at radius 3 is 2.67 bits per heavy atom. The van der Waals surface area contributed by atoms with Gasteiger partial charge in [-0.05, 0) is 48.8 Å². The highest BCUT2D eigenvalue weighted by atomic mass is 32.1. The molecule has 1 aromatic heterocycles. The first-order valence-electron chi connectivity index (χ1n) is 8.23. The average molecular weight is 310 g/mol. The van der Waals surface area contributed by atoms with Crippen molar-refractivity contribution >= 4 is 17.3 Å². The minimum Gasteiger partial charge on any atom is -0.487 e. The number of ether oxygens (including phenoxy) is 1. The van der Waals surface area contributed by atoms with Gasteiger partial charge in [-0.2, -0.15) is 0 Å². The van der Waals surface area contributed by atoms with Crippen LogP contribution in [0.25, 0.3) is 0 Å². The lowest BCUT2D eigenvalue weighted by Gasteiger charge is -2.20. The monoisotopic (exact) mass is 310 g/mol. The second-order valence-electron chi connectivity index (χ2n) is 5.70. The van der Waals surface area contributed by atoms with Crippen molar-refractivity contribution in [1.29, 1.82) is 0 Å². The largest absolute Gasteiger partial charge is 0.487 e. The lowest BCUT2D eigenvalue weighted by Crippen LogP contribution is -2.16. The lowest BCUT2D eigenvalue weighted by atomic mass is 9.97. The third kappa shape index (κ3) is 5.34. The molecule has 1 aliphatic rings. The minimum atomic E-state index is 0.481. The van der Waals surface area contributed by atoms with E-state index in [0.29, 0.717) is 17.7 Å². The molecular weight excluding hydrogens is 284 g/mol. The number of thiocarbonyl (C=S) groups is 1. The maximum atomic E-state index is 5.31. The first kappa shape index (κ1) is 16.3. The summed E-state index contributed by atoms with van der Waals surface area (Å²) in [7, 11) is 0. The third-order valence-electron chi connectivity index (χ3n) is 4.07. The van der Waals surface area contributed by atoms with Gasteiger partial charge in [0.1, 0.15) is 0 Å². The average Bonchev–Trinajstić information content (AvgIpc) is 2.87. The fourth-order valence-electron chi connectivity index (χ4n) is 2.96. The number of nitrogens with zero attached hydrogens (tertiary/aromatic N) is 4. The topological polar surface area (TPSA) is 52.8 Å². The van der Waals surface area contributed by atoms with Crippen molar-refractivity contribution < 1.29 is 4.74 Å². The molecule has 118 valence electrons. The van der Waals surface area contributed by atoms with Gasteiger partial charge < -0.3 is 4.74 Å². The second kappa shape index (κ2) is 9.07. The summed E-state index contributed by atoms with van der Waals surface area (Å²) < 4.78 is 7.38. The highest BCUT2D eigenvalue weighted by Gasteiger charge is 2.18. The molecule has 0 aliphatic heterocycles. The van der Waals surface area contributed by atoms with Crippen LogP contribution in [-0.4, -0.2) is 31.9 Å². The molecule has 6 heteroatoms. The molecule has 1 aliphatic carbocycles. The molecule has 1 fully saturated rings. The molecule has 0 bridgehead atoms. The molecular formula is C15H26N4OS. The van der Waals surface area contributed by atoms with Crippen LogP contribution in [-0.2, 0) is 11.2 Å². The SMILES string of the molecule is CCOC(=S)CCCc1nnnn1C1CCCCCCC1. The Labute approximate surface area is 132 Å². The molecule has 1 saturated carbocycles. The smallest absolute Gasteiger partial charge is 0.159 e. The van der Waals surface area contributed by atoms with Crippen LogP contribution in [0.2, 0.25) is 0 Å². The summed E-state index contributed by atoms with van der Waals surface area (Å²) in [6.07, 6.45) is 11.7. The summed E-state index contributed by atoms with van der Waals surface area (Å²) in [5.41, 5.74) is 0. The van der Waals surface area contributed by atoms with E-state index < -0.39 is 0 Å². The summed E-state index contributed by atoms with van der Waals surface area (Å²) in [6.45, 7) is 2.61. The van der Waals surface area contributed by atoms with Crippen molar-refractivity contribution in [3.8, 4) is 0 Å². The normalized spacial score (nSPS) is 17.2. The minimum absolute atomic E-state index is 0.481. The number of rotatable bonds is 6. The zero-order chi connectivity index (χ0) is 14.9. The molecule has 0 N–H and O–H groups in total. The number of hydrogen-bond acceptors (Lipinski definition) is 5. The van der Waals surface area contributed by atoms with Crippen LogP contribution in [0.15, 0.2) is 0 Å². The number of aryl methyl sites for hydroxylation is 1. The Bertz CT molecular complexity index is 427. The summed E-state index contributed by atoms with van der Waals surface area (Å²) >= 11 is 5.16. The molecule has 0 spiro atoms. The van der Waals surface area contributed by atoms with Crippen molar-refractivity contribution in [2.45, 2.75) is 77.2 Å². The van der Waals surface area contributed by atoms with E-state index in [9.17, 15) is 0 Å². The van der Waals surface area contributed by atoms with Crippen molar-refractivity contribution in [3.05, 3.63) is 5.82 Å². The van der Waals surface area contributed by atoms with Gasteiger partial charge in [-0.1, -0.05) is 32.1 Å². The number of hydrogen-bond donors (Lipinski definition) is 0. The van der Waals surface area contributed by atoms with Crippen molar-refractivity contribution in [2.75, 3.05) is 6.61 Å². The van der Waals surface area contributed by atoms with Gasteiger partial charge in [0.2, 0.25) is 0 Å². The van der Waals surface area contributed by atoms with Gasteiger partial charge in [0, 0.05) is 12.8 Å². The Balaban J connectivity index is 1.86. The van der Waals surface area contributed by atoms with E-state index in [2.05, 4.69) is 20.2 Å². The van der Waals surface area contributed by atoms with Crippen LogP contribution in [0.4, 0.5) is 0 Å². The van der Waals surface area contributed by atoms with Gasteiger partial charge >= 0.3 is 0 Å². The molecule has 0 aromatic carbocycles. The first-order chi connectivity index (χ1) is 10.3. The molecule has 2 rings (SSSR count). The van der Waals surface area contributed by atoms with E-state index in [1.165, 1.54) is 44.9 Å². The number of aromatic nitrogens is 4. The number of tetrazole rings is 1. The first-order valence-corrected chi connectivity index (χ1v) is 8.64. The summed E-state index contributed by atoms with van der Waals surface area (Å²) in [4.78, 5) is 0. The molecule has 0 amide bonds. The van der Waals surface area contributed by atoms with E-state index >= 15 is 0 Å². The fourth-order valence-corrected chi connectivity index (χ4v) is 3.23. The predicted molar refractivity (Wildman–Crippen MR) is 86.3 cm³/mol. The molecule has 5 nitrogen and oxygen atoms in total. The Morgan fingerprint density at radius 1 is 1.24 bits per heavy atom. The fraction of sp³-hybridized carbons (Fsp3) is 0.867. The standard InChI is InChI=1S/C15H26N4OS/c1-2-20-15(21)12-8-11-14-16-17-18-19(14)13-9-6-4-3-5-7-10-13/h13H,2-12H2,1H3. The molecule has 0 atom stereocenters. The second-order valence-corrected chi connectivity index (χ2v) is 6.15. The Hall–Kier alpha value is -1.04. The summed E-state index contributed by atoms with van der Waals surface area (Å²) in [6, 6.07) is 0.481. The summed E-state index contributed by atoms with van der Waals surface area (Å²) in [5.74, 6) is 1.000.